The fourth-order valence-electron chi connectivity index (χ4n) is 2.89. The molecular weight excluding hydrogens is 359 g/mol. The molecule has 0 saturated carbocycles. The third-order valence-corrected chi connectivity index (χ3v) is 4.18. The van der Waals surface area contributed by atoms with Crippen LogP contribution in [0.1, 0.15) is 22.3 Å². The van der Waals surface area contributed by atoms with Gasteiger partial charge >= 0.3 is 6.18 Å². The standard InChI is InChI=1S/C19H14F3N3O2/c20-19(21,22)13-6-7-18(27)25(10-13)12-17(26)15-11-24(9-3-8-23)16-5-2-1-4-14(15)16/h1-2,4-7,10-11H,3,9,12H2. The van der Waals surface area contributed by atoms with Crippen molar-refractivity contribution in [2.75, 3.05) is 0 Å². The summed E-state index contributed by atoms with van der Waals surface area (Å²) < 4.78 is 41.1. The van der Waals surface area contributed by atoms with E-state index in [1.807, 2.05) is 6.07 Å². The highest BCUT2D eigenvalue weighted by atomic mass is 19.4. The molecule has 1 aromatic carbocycles. The molecule has 0 amide bonds. The number of ketones is 1. The van der Waals surface area contributed by atoms with Gasteiger partial charge < -0.3 is 9.13 Å². The van der Waals surface area contributed by atoms with Gasteiger partial charge in [-0.05, 0) is 12.1 Å². The van der Waals surface area contributed by atoms with Gasteiger partial charge in [0.2, 0.25) is 0 Å². The van der Waals surface area contributed by atoms with E-state index in [1.54, 1.807) is 35.0 Å². The molecule has 3 rings (SSSR count). The lowest BCUT2D eigenvalue weighted by Gasteiger charge is -2.10. The number of fused-ring (bicyclic) bond motifs is 1. The molecule has 3 aromatic rings. The molecular formula is C19H14F3N3O2. The van der Waals surface area contributed by atoms with Gasteiger partial charge in [0.05, 0.1) is 24.6 Å². The Balaban J connectivity index is 1.98. The molecule has 0 bridgehead atoms. The van der Waals surface area contributed by atoms with Gasteiger partial charge in [0.15, 0.2) is 5.78 Å². The number of aryl methyl sites for hydroxylation is 1. The number of pyridine rings is 1. The Morgan fingerprint density at radius 2 is 1.81 bits per heavy atom. The lowest BCUT2D eigenvalue weighted by atomic mass is 10.1. The van der Waals surface area contributed by atoms with Crippen LogP contribution in [0.2, 0.25) is 0 Å². The molecule has 0 fully saturated rings. The number of rotatable bonds is 5. The Kier molecular flexibility index (Phi) is 4.86. The van der Waals surface area contributed by atoms with Gasteiger partial charge in [0, 0.05) is 41.5 Å². The topological polar surface area (TPSA) is 67.8 Å². The Bertz CT molecular complexity index is 1100. The number of hydrogen-bond acceptors (Lipinski definition) is 3. The third kappa shape index (κ3) is 3.77. The van der Waals surface area contributed by atoms with Crippen LogP contribution < -0.4 is 5.56 Å². The molecule has 0 aliphatic carbocycles. The zero-order valence-corrected chi connectivity index (χ0v) is 14.0. The summed E-state index contributed by atoms with van der Waals surface area (Å²) in [6, 6.07) is 10.6. The molecule has 2 aromatic heterocycles. The molecule has 138 valence electrons. The first-order valence-corrected chi connectivity index (χ1v) is 8.07. The molecule has 0 atom stereocenters. The molecule has 0 N–H and O–H groups in total. The van der Waals surface area contributed by atoms with E-state index in [0.29, 0.717) is 29.8 Å². The van der Waals surface area contributed by atoms with Gasteiger partial charge in [-0.25, -0.2) is 0 Å². The number of nitriles is 1. The minimum atomic E-state index is -4.61. The van der Waals surface area contributed by atoms with E-state index >= 15 is 0 Å². The Labute approximate surface area is 151 Å². The number of nitrogens with zero attached hydrogens (tertiary/aromatic N) is 3. The van der Waals surface area contributed by atoms with Crippen molar-refractivity contribution >= 4 is 16.7 Å². The van der Waals surface area contributed by atoms with Crippen LogP contribution in [0.15, 0.2) is 53.6 Å². The third-order valence-electron chi connectivity index (χ3n) is 4.18. The van der Waals surface area contributed by atoms with Crippen LogP contribution in [0.3, 0.4) is 0 Å². The number of halogens is 3. The van der Waals surface area contributed by atoms with Gasteiger partial charge in [0.25, 0.3) is 5.56 Å². The summed E-state index contributed by atoms with van der Waals surface area (Å²) in [5.41, 5.74) is -0.642. The van der Waals surface area contributed by atoms with Gasteiger partial charge in [-0.2, -0.15) is 18.4 Å². The molecule has 0 aliphatic rings. The van der Waals surface area contributed by atoms with Crippen molar-refractivity contribution in [3.05, 3.63) is 70.3 Å². The second-order valence-corrected chi connectivity index (χ2v) is 5.97. The van der Waals surface area contributed by atoms with E-state index in [1.165, 1.54) is 0 Å². The summed E-state index contributed by atoms with van der Waals surface area (Å²) in [5, 5.41) is 9.40. The Morgan fingerprint density at radius 3 is 2.52 bits per heavy atom. The van der Waals surface area contributed by atoms with Crippen LogP contribution in [0.25, 0.3) is 10.9 Å². The SMILES string of the molecule is N#CCCn1cc(C(=O)Cn2cc(C(F)(F)F)ccc2=O)c2ccccc21. The minimum absolute atomic E-state index is 0.249. The van der Waals surface area contributed by atoms with Gasteiger partial charge in [-0.1, -0.05) is 18.2 Å². The number of para-hydroxylation sites is 1. The molecule has 0 unspecified atom stereocenters. The molecule has 27 heavy (non-hydrogen) atoms. The summed E-state index contributed by atoms with van der Waals surface area (Å²) >= 11 is 0. The smallest absolute Gasteiger partial charge is 0.346 e. The molecule has 0 saturated heterocycles. The summed E-state index contributed by atoms with van der Waals surface area (Å²) in [5.74, 6) is -0.483. The van der Waals surface area contributed by atoms with Crippen molar-refractivity contribution in [2.24, 2.45) is 0 Å². The van der Waals surface area contributed by atoms with Gasteiger partial charge in [-0.15, -0.1) is 0 Å². The first-order valence-electron chi connectivity index (χ1n) is 8.07. The Morgan fingerprint density at radius 1 is 1.07 bits per heavy atom. The molecule has 2 heterocycles. The highest BCUT2D eigenvalue weighted by Gasteiger charge is 2.31. The lowest BCUT2D eigenvalue weighted by molar-refractivity contribution is -0.138. The predicted molar refractivity (Wildman–Crippen MR) is 92.2 cm³/mol. The molecule has 5 nitrogen and oxygen atoms in total. The molecule has 0 radical (unpaired) electrons. The van der Waals surface area contributed by atoms with E-state index in [2.05, 4.69) is 0 Å². The Hall–Kier alpha value is -3.34. The maximum absolute atomic E-state index is 12.9. The van der Waals surface area contributed by atoms with E-state index in [4.69, 9.17) is 5.26 Å². The number of carbonyl (C=O) groups is 1. The lowest BCUT2D eigenvalue weighted by Crippen LogP contribution is -2.25. The average Bonchev–Trinajstić information content (AvgIpc) is 3.00. The number of hydrogen-bond donors (Lipinski definition) is 0. The van der Waals surface area contributed by atoms with Crippen molar-refractivity contribution in [3.63, 3.8) is 0 Å². The van der Waals surface area contributed by atoms with Crippen molar-refractivity contribution in [3.8, 4) is 6.07 Å². The number of benzene rings is 1. The number of carbonyl (C=O) groups excluding carboxylic acids is 1. The van der Waals surface area contributed by atoms with Crippen LogP contribution in [-0.2, 0) is 19.3 Å². The zero-order valence-electron chi connectivity index (χ0n) is 14.0. The van der Waals surface area contributed by atoms with E-state index in [-0.39, 0.29) is 6.42 Å². The van der Waals surface area contributed by atoms with Crippen molar-refractivity contribution in [1.82, 2.24) is 9.13 Å². The first kappa shape index (κ1) is 18.5. The van der Waals surface area contributed by atoms with Crippen LogP contribution >= 0.6 is 0 Å². The second kappa shape index (κ2) is 7.11. The highest BCUT2D eigenvalue weighted by molar-refractivity contribution is 6.08. The first-order chi connectivity index (χ1) is 12.8. The van der Waals surface area contributed by atoms with Gasteiger partial charge in [-0.3, -0.25) is 9.59 Å². The minimum Gasteiger partial charge on any atom is -0.346 e. The maximum atomic E-state index is 12.9. The van der Waals surface area contributed by atoms with Crippen LogP contribution in [0.4, 0.5) is 13.2 Å². The number of aromatic nitrogens is 2. The van der Waals surface area contributed by atoms with E-state index in [9.17, 15) is 22.8 Å². The highest BCUT2D eigenvalue weighted by Crippen LogP contribution is 2.28. The summed E-state index contributed by atoms with van der Waals surface area (Å²) in [4.78, 5) is 24.6. The average molecular weight is 373 g/mol. The number of Topliss-reactive ketones (excluding diaryl/α,β-unsaturated/α-hetero) is 1. The normalized spacial score (nSPS) is 11.5. The maximum Gasteiger partial charge on any atom is 0.417 e. The summed E-state index contributed by atoms with van der Waals surface area (Å²) in [6.07, 6.45) is -2.14. The van der Waals surface area contributed by atoms with Crippen molar-refractivity contribution in [1.29, 1.82) is 5.26 Å². The van der Waals surface area contributed by atoms with Gasteiger partial charge in [0.1, 0.15) is 0 Å². The van der Waals surface area contributed by atoms with E-state index in [0.717, 1.165) is 16.2 Å². The quantitative estimate of drug-likeness (QED) is 0.642. The van der Waals surface area contributed by atoms with Crippen molar-refractivity contribution < 1.29 is 18.0 Å². The molecule has 0 spiro atoms. The summed E-state index contributed by atoms with van der Waals surface area (Å²) in [7, 11) is 0. The largest absolute Gasteiger partial charge is 0.417 e. The summed E-state index contributed by atoms with van der Waals surface area (Å²) in [6.45, 7) is -0.122. The van der Waals surface area contributed by atoms with Crippen LogP contribution in [-0.4, -0.2) is 14.9 Å². The van der Waals surface area contributed by atoms with Crippen molar-refractivity contribution in [2.45, 2.75) is 25.7 Å². The number of alkyl halides is 3. The zero-order chi connectivity index (χ0) is 19.6. The fourth-order valence-corrected chi connectivity index (χ4v) is 2.89. The monoisotopic (exact) mass is 373 g/mol. The van der Waals surface area contributed by atoms with Crippen LogP contribution in [0.5, 0.6) is 0 Å². The van der Waals surface area contributed by atoms with E-state index < -0.39 is 29.6 Å². The second-order valence-electron chi connectivity index (χ2n) is 5.97. The van der Waals surface area contributed by atoms with Crippen LogP contribution in [0, 0.1) is 11.3 Å². The molecule has 0 aliphatic heterocycles. The molecule has 8 heteroatoms. The fraction of sp³-hybridized carbons (Fsp3) is 0.211. The predicted octanol–water partition coefficient (Wildman–Crippen LogP) is 3.62.